The van der Waals surface area contributed by atoms with Gasteiger partial charge in [0.2, 0.25) is 0 Å². The zero-order chi connectivity index (χ0) is 16.0. The molecular formula is C17H12Cl3N3. The van der Waals surface area contributed by atoms with E-state index >= 15 is 0 Å². The average Bonchev–Trinajstić information content (AvgIpc) is 3.12. The monoisotopic (exact) mass is 363 g/mol. The van der Waals surface area contributed by atoms with Crippen LogP contribution in [0.15, 0.2) is 42.5 Å². The number of halogens is 3. The standard InChI is InChI=1S/C17H12Cl3N3/c18-10-2-1-3-12(8-10)23-17-13(6-7-21-17)16(22-23)14-9-11(19)4-5-15(14)20/h1-5,8-9,21H,6-7H2. The number of rotatable bonds is 2. The number of nitrogens with one attached hydrogen (secondary N) is 1. The predicted molar refractivity (Wildman–Crippen MR) is 96.2 cm³/mol. The van der Waals surface area contributed by atoms with E-state index in [0.717, 1.165) is 41.3 Å². The maximum Gasteiger partial charge on any atom is 0.133 e. The lowest BCUT2D eigenvalue weighted by Gasteiger charge is -2.07. The van der Waals surface area contributed by atoms with Gasteiger partial charge in [-0.2, -0.15) is 5.10 Å². The summed E-state index contributed by atoms with van der Waals surface area (Å²) < 4.78 is 1.88. The summed E-state index contributed by atoms with van der Waals surface area (Å²) in [5.41, 5.74) is 3.76. The van der Waals surface area contributed by atoms with Gasteiger partial charge in [-0.05, 0) is 42.8 Å². The highest BCUT2D eigenvalue weighted by atomic mass is 35.5. The normalized spacial score (nSPS) is 13.0. The summed E-state index contributed by atoms with van der Waals surface area (Å²) in [7, 11) is 0. The van der Waals surface area contributed by atoms with Gasteiger partial charge >= 0.3 is 0 Å². The third kappa shape index (κ3) is 2.59. The van der Waals surface area contributed by atoms with Gasteiger partial charge in [0.15, 0.2) is 0 Å². The van der Waals surface area contributed by atoms with Gasteiger partial charge in [0.25, 0.3) is 0 Å². The van der Waals surface area contributed by atoms with Gasteiger partial charge in [0.05, 0.1) is 16.4 Å². The van der Waals surface area contributed by atoms with Crippen molar-refractivity contribution in [3.8, 4) is 16.9 Å². The largest absolute Gasteiger partial charge is 0.369 e. The molecule has 0 bridgehead atoms. The van der Waals surface area contributed by atoms with Gasteiger partial charge in [0, 0.05) is 27.7 Å². The molecule has 0 unspecified atom stereocenters. The molecule has 2 heterocycles. The Morgan fingerprint density at radius 1 is 1.00 bits per heavy atom. The highest BCUT2D eigenvalue weighted by molar-refractivity contribution is 6.35. The maximum absolute atomic E-state index is 6.36. The molecule has 6 heteroatoms. The summed E-state index contributed by atoms with van der Waals surface area (Å²) >= 11 is 18.6. The van der Waals surface area contributed by atoms with Crippen LogP contribution in [0.1, 0.15) is 5.56 Å². The third-order valence-electron chi connectivity index (χ3n) is 3.89. The number of benzene rings is 2. The molecule has 0 saturated heterocycles. The van der Waals surface area contributed by atoms with Gasteiger partial charge < -0.3 is 5.32 Å². The van der Waals surface area contributed by atoms with Crippen molar-refractivity contribution in [3.05, 3.63) is 63.1 Å². The fourth-order valence-corrected chi connectivity index (χ4v) is 3.43. The second-order valence-electron chi connectivity index (χ2n) is 5.37. The first-order chi connectivity index (χ1) is 11.1. The Bertz CT molecular complexity index is 902. The molecule has 0 atom stereocenters. The highest BCUT2D eigenvalue weighted by Gasteiger charge is 2.25. The van der Waals surface area contributed by atoms with Crippen LogP contribution in [-0.2, 0) is 6.42 Å². The topological polar surface area (TPSA) is 29.9 Å². The number of anilines is 1. The quantitative estimate of drug-likeness (QED) is 0.653. The van der Waals surface area contributed by atoms with Gasteiger partial charge in [-0.25, -0.2) is 4.68 Å². The highest BCUT2D eigenvalue weighted by Crippen LogP contribution is 2.38. The van der Waals surface area contributed by atoms with E-state index in [0.29, 0.717) is 15.1 Å². The number of aromatic nitrogens is 2. The van der Waals surface area contributed by atoms with Crippen LogP contribution >= 0.6 is 34.8 Å². The summed E-state index contributed by atoms with van der Waals surface area (Å²) in [5, 5.41) is 10.1. The molecule has 1 aliphatic rings. The van der Waals surface area contributed by atoms with Crippen molar-refractivity contribution in [2.24, 2.45) is 0 Å². The van der Waals surface area contributed by atoms with Crippen molar-refractivity contribution in [1.82, 2.24) is 9.78 Å². The molecule has 0 saturated carbocycles. The van der Waals surface area contributed by atoms with Crippen molar-refractivity contribution >= 4 is 40.6 Å². The van der Waals surface area contributed by atoms with Crippen LogP contribution in [0.4, 0.5) is 5.82 Å². The number of hydrogen-bond acceptors (Lipinski definition) is 2. The van der Waals surface area contributed by atoms with Gasteiger partial charge in [-0.1, -0.05) is 40.9 Å². The molecule has 3 aromatic rings. The van der Waals surface area contributed by atoms with Gasteiger partial charge in [-0.3, -0.25) is 0 Å². The number of nitrogens with zero attached hydrogens (tertiary/aromatic N) is 2. The number of fused-ring (bicyclic) bond motifs is 1. The van der Waals surface area contributed by atoms with E-state index in [2.05, 4.69) is 5.32 Å². The zero-order valence-corrected chi connectivity index (χ0v) is 14.3. The van der Waals surface area contributed by atoms with E-state index in [1.54, 1.807) is 12.1 Å². The Labute approximate surface area is 148 Å². The lowest BCUT2D eigenvalue weighted by molar-refractivity contribution is 0.882. The van der Waals surface area contributed by atoms with Crippen molar-refractivity contribution in [2.75, 3.05) is 11.9 Å². The molecule has 0 spiro atoms. The first kappa shape index (κ1) is 14.9. The van der Waals surface area contributed by atoms with Crippen molar-refractivity contribution < 1.29 is 0 Å². The Kier molecular flexibility index (Phi) is 3.72. The smallest absolute Gasteiger partial charge is 0.133 e. The minimum atomic E-state index is 0.639. The van der Waals surface area contributed by atoms with E-state index in [1.807, 2.05) is 35.0 Å². The number of hydrogen-bond donors (Lipinski definition) is 1. The minimum absolute atomic E-state index is 0.639. The summed E-state index contributed by atoms with van der Waals surface area (Å²) in [5.74, 6) is 0.985. The molecular weight excluding hydrogens is 353 g/mol. The summed E-state index contributed by atoms with van der Waals surface area (Å²) in [6.45, 7) is 0.874. The second kappa shape index (κ2) is 5.75. The Morgan fingerprint density at radius 3 is 2.65 bits per heavy atom. The molecule has 0 amide bonds. The molecule has 1 N–H and O–H groups in total. The molecule has 3 nitrogen and oxygen atoms in total. The Morgan fingerprint density at radius 2 is 1.83 bits per heavy atom. The molecule has 23 heavy (non-hydrogen) atoms. The predicted octanol–water partition coefficient (Wildman–Crippen LogP) is 5.47. The molecule has 4 rings (SSSR count). The zero-order valence-electron chi connectivity index (χ0n) is 12.0. The molecule has 0 aliphatic carbocycles. The second-order valence-corrected chi connectivity index (χ2v) is 6.65. The summed E-state index contributed by atoms with van der Waals surface area (Å²) in [4.78, 5) is 0. The minimum Gasteiger partial charge on any atom is -0.369 e. The average molecular weight is 365 g/mol. The third-order valence-corrected chi connectivity index (χ3v) is 4.69. The Balaban J connectivity index is 1.93. The molecule has 1 aromatic heterocycles. The molecule has 0 radical (unpaired) electrons. The fourth-order valence-electron chi connectivity index (χ4n) is 2.86. The van der Waals surface area contributed by atoms with Crippen molar-refractivity contribution in [2.45, 2.75) is 6.42 Å². The van der Waals surface area contributed by atoms with E-state index in [-0.39, 0.29) is 0 Å². The Hall–Kier alpha value is -1.68. The first-order valence-corrected chi connectivity index (χ1v) is 8.34. The van der Waals surface area contributed by atoms with Gasteiger partial charge in [0.1, 0.15) is 5.82 Å². The van der Waals surface area contributed by atoms with Crippen LogP contribution in [0.25, 0.3) is 16.9 Å². The van der Waals surface area contributed by atoms with Crippen LogP contribution < -0.4 is 5.32 Å². The van der Waals surface area contributed by atoms with Crippen LogP contribution in [0.2, 0.25) is 15.1 Å². The van der Waals surface area contributed by atoms with Crippen LogP contribution in [-0.4, -0.2) is 16.3 Å². The van der Waals surface area contributed by atoms with E-state index < -0.39 is 0 Å². The van der Waals surface area contributed by atoms with E-state index in [4.69, 9.17) is 39.9 Å². The first-order valence-electron chi connectivity index (χ1n) is 7.20. The lowest BCUT2D eigenvalue weighted by Crippen LogP contribution is -2.04. The van der Waals surface area contributed by atoms with Crippen LogP contribution in [0, 0.1) is 0 Å². The van der Waals surface area contributed by atoms with Crippen molar-refractivity contribution in [1.29, 1.82) is 0 Å². The molecule has 1 aliphatic heterocycles. The SMILES string of the molecule is Clc1cccc(-n2nc(-c3cc(Cl)ccc3Cl)c3c2NCC3)c1. The molecule has 116 valence electrons. The van der Waals surface area contributed by atoms with E-state index in [1.165, 1.54) is 0 Å². The van der Waals surface area contributed by atoms with Gasteiger partial charge in [-0.15, -0.1) is 0 Å². The maximum atomic E-state index is 6.36. The molecule has 0 fully saturated rings. The summed E-state index contributed by atoms with van der Waals surface area (Å²) in [6, 6.07) is 13.0. The van der Waals surface area contributed by atoms with Crippen molar-refractivity contribution in [3.63, 3.8) is 0 Å². The van der Waals surface area contributed by atoms with E-state index in [9.17, 15) is 0 Å². The molecule has 2 aromatic carbocycles. The van der Waals surface area contributed by atoms with Crippen LogP contribution in [0.5, 0.6) is 0 Å². The lowest BCUT2D eigenvalue weighted by atomic mass is 10.1. The summed E-state index contributed by atoms with van der Waals surface area (Å²) in [6.07, 6.45) is 0.897. The van der Waals surface area contributed by atoms with Crippen LogP contribution in [0.3, 0.4) is 0 Å². The fraction of sp³-hybridized carbons (Fsp3) is 0.118.